The first-order chi connectivity index (χ1) is 11.1. The number of ketones is 1. The molecule has 0 amide bonds. The Labute approximate surface area is 133 Å². The number of fused-ring (bicyclic) bond motifs is 1. The highest BCUT2D eigenvalue weighted by Crippen LogP contribution is 2.31. The Morgan fingerprint density at radius 3 is 2.57 bits per heavy atom. The van der Waals surface area contributed by atoms with E-state index in [9.17, 15) is 9.59 Å². The quantitative estimate of drug-likeness (QED) is 0.737. The molecule has 1 aromatic heterocycles. The van der Waals surface area contributed by atoms with Gasteiger partial charge in [-0.2, -0.15) is 0 Å². The molecule has 23 heavy (non-hydrogen) atoms. The fourth-order valence-electron chi connectivity index (χ4n) is 2.37. The number of hydrogen-bond acceptors (Lipinski definition) is 4. The summed E-state index contributed by atoms with van der Waals surface area (Å²) in [5, 5.41) is 0.439. The van der Waals surface area contributed by atoms with Crippen LogP contribution in [0.3, 0.4) is 0 Å². The molecule has 0 aliphatic rings. The van der Waals surface area contributed by atoms with Gasteiger partial charge in [0.25, 0.3) is 0 Å². The van der Waals surface area contributed by atoms with Gasteiger partial charge in [0.05, 0.1) is 5.39 Å². The minimum absolute atomic E-state index is 0.0720. The number of benzene rings is 2. The van der Waals surface area contributed by atoms with E-state index in [1.54, 1.807) is 6.07 Å². The summed E-state index contributed by atoms with van der Waals surface area (Å²) in [7, 11) is 0. The maximum atomic E-state index is 12.8. The van der Waals surface area contributed by atoms with E-state index in [1.165, 1.54) is 6.92 Å². The first kappa shape index (κ1) is 15.0. The molecule has 0 spiro atoms. The van der Waals surface area contributed by atoms with E-state index < -0.39 is 0 Å². The highest BCUT2D eigenvalue weighted by molar-refractivity contribution is 5.83. The third-order valence-electron chi connectivity index (χ3n) is 3.46. The molecule has 0 bridgehead atoms. The van der Waals surface area contributed by atoms with E-state index in [1.807, 2.05) is 49.4 Å². The average Bonchev–Trinajstić information content (AvgIpc) is 2.54. The Morgan fingerprint density at radius 1 is 1.13 bits per heavy atom. The normalized spacial score (nSPS) is 10.7. The van der Waals surface area contributed by atoms with Crippen molar-refractivity contribution in [3.05, 3.63) is 64.3 Å². The van der Waals surface area contributed by atoms with Gasteiger partial charge in [0.2, 0.25) is 11.2 Å². The highest BCUT2D eigenvalue weighted by Gasteiger charge is 2.18. The molecule has 0 radical (unpaired) electrons. The first-order valence-electron chi connectivity index (χ1n) is 7.31. The van der Waals surface area contributed by atoms with Crippen LogP contribution in [0.15, 0.2) is 57.7 Å². The third kappa shape index (κ3) is 3.01. The molecule has 0 unspecified atom stereocenters. The summed E-state index contributed by atoms with van der Waals surface area (Å²) in [6, 6.07) is 14.6. The zero-order valence-electron chi connectivity index (χ0n) is 13.0. The van der Waals surface area contributed by atoms with Crippen molar-refractivity contribution in [2.24, 2.45) is 0 Å². The second-order valence-corrected chi connectivity index (χ2v) is 5.45. The van der Waals surface area contributed by atoms with Crippen molar-refractivity contribution in [1.29, 1.82) is 0 Å². The van der Waals surface area contributed by atoms with Crippen LogP contribution in [0.4, 0.5) is 0 Å². The van der Waals surface area contributed by atoms with Gasteiger partial charge >= 0.3 is 0 Å². The molecule has 0 saturated heterocycles. The van der Waals surface area contributed by atoms with Crippen LogP contribution < -0.4 is 10.2 Å². The molecule has 3 rings (SSSR count). The lowest BCUT2D eigenvalue weighted by atomic mass is 10.1. The van der Waals surface area contributed by atoms with Crippen molar-refractivity contribution in [2.75, 3.05) is 6.61 Å². The Kier molecular flexibility index (Phi) is 3.98. The fraction of sp³-hybridized carbons (Fsp3) is 0.158. The number of carbonyl (C=O) groups is 1. The predicted molar refractivity (Wildman–Crippen MR) is 88.8 cm³/mol. The molecule has 0 aliphatic carbocycles. The van der Waals surface area contributed by atoms with E-state index in [-0.39, 0.29) is 23.6 Å². The van der Waals surface area contributed by atoms with Crippen LogP contribution in [0.25, 0.3) is 22.3 Å². The van der Waals surface area contributed by atoms with Crippen LogP contribution in [0.1, 0.15) is 12.5 Å². The number of Topliss-reactive ketones (excluding diaryl/α,β-unsaturated/α-hetero) is 1. The Hall–Kier alpha value is -2.88. The maximum Gasteiger partial charge on any atom is 0.235 e. The topological polar surface area (TPSA) is 56.5 Å². The molecule has 0 N–H and O–H groups in total. The zero-order valence-corrected chi connectivity index (χ0v) is 13.0. The minimum Gasteiger partial charge on any atom is -0.478 e. The monoisotopic (exact) mass is 308 g/mol. The van der Waals surface area contributed by atoms with Gasteiger partial charge in [-0.05, 0) is 31.5 Å². The van der Waals surface area contributed by atoms with Crippen molar-refractivity contribution in [1.82, 2.24) is 0 Å². The van der Waals surface area contributed by atoms with Crippen molar-refractivity contribution < 1.29 is 13.9 Å². The summed E-state index contributed by atoms with van der Waals surface area (Å²) < 4.78 is 11.4. The SMILES string of the molecule is CC(=O)COc1c(-c2ccccc2)oc2cc(C)ccc2c1=O. The summed E-state index contributed by atoms with van der Waals surface area (Å²) in [5.41, 5.74) is 1.96. The maximum absolute atomic E-state index is 12.8. The van der Waals surface area contributed by atoms with Crippen LogP contribution in [-0.2, 0) is 4.79 Å². The fourth-order valence-corrected chi connectivity index (χ4v) is 2.37. The van der Waals surface area contributed by atoms with Gasteiger partial charge in [-0.1, -0.05) is 36.4 Å². The minimum atomic E-state index is -0.272. The number of ether oxygens (including phenoxy) is 1. The van der Waals surface area contributed by atoms with Gasteiger partial charge in [-0.15, -0.1) is 0 Å². The summed E-state index contributed by atoms with van der Waals surface area (Å²) in [5.74, 6) is 0.255. The Bertz CT molecular complexity index is 923. The van der Waals surface area contributed by atoms with Crippen LogP contribution in [0, 0.1) is 6.92 Å². The molecule has 4 heteroatoms. The Balaban J connectivity index is 2.28. The smallest absolute Gasteiger partial charge is 0.235 e. The molecular weight excluding hydrogens is 292 g/mol. The number of carbonyl (C=O) groups excluding carboxylic acids is 1. The zero-order chi connectivity index (χ0) is 16.4. The lowest BCUT2D eigenvalue weighted by molar-refractivity contribution is -0.118. The van der Waals surface area contributed by atoms with Gasteiger partial charge in [-0.25, -0.2) is 0 Å². The average molecular weight is 308 g/mol. The molecule has 2 aromatic carbocycles. The molecule has 0 atom stereocenters. The molecule has 0 fully saturated rings. The molecule has 1 heterocycles. The first-order valence-corrected chi connectivity index (χ1v) is 7.31. The lowest BCUT2D eigenvalue weighted by Gasteiger charge is -2.11. The van der Waals surface area contributed by atoms with Gasteiger partial charge in [0.15, 0.2) is 11.5 Å². The van der Waals surface area contributed by atoms with Gasteiger partial charge < -0.3 is 9.15 Å². The number of hydrogen-bond donors (Lipinski definition) is 0. The standard InChI is InChI=1S/C19H16O4/c1-12-8-9-15-16(10-12)23-18(14-6-4-3-5-7-14)19(17(15)21)22-11-13(2)20/h3-10H,11H2,1-2H3. The molecular formula is C19H16O4. The van der Waals surface area contributed by atoms with Crippen molar-refractivity contribution in [3.63, 3.8) is 0 Å². The predicted octanol–water partition coefficient (Wildman–Crippen LogP) is 3.74. The van der Waals surface area contributed by atoms with Gasteiger partial charge in [0.1, 0.15) is 12.2 Å². The molecule has 0 saturated carbocycles. The van der Waals surface area contributed by atoms with E-state index in [2.05, 4.69) is 0 Å². The largest absolute Gasteiger partial charge is 0.478 e. The van der Waals surface area contributed by atoms with Crippen molar-refractivity contribution in [3.8, 4) is 17.1 Å². The molecule has 3 aromatic rings. The van der Waals surface area contributed by atoms with E-state index in [4.69, 9.17) is 9.15 Å². The van der Waals surface area contributed by atoms with Crippen LogP contribution in [0.2, 0.25) is 0 Å². The summed E-state index contributed by atoms with van der Waals surface area (Å²) >= 11 is 0. The molecule has 0 aliphatic heterocycles. The molecule has 4 nitrogen and oxygen atoms in total. The Morgan fingerprint density at radius 2 is 1.87 bits per heavy atom. The van der Waals surface area contributed by atoms with Crippen molar-refractivity contribution >= 4 is 16.8 Å². The molecule has 116 valence electrons. The summed E-state index contributed by atoms with van der Waals surface area (Å²) in [4.78, 5) is 24.0. The van der Waals surface area contributed by atoms with Gasteiger partial charge in [-0.3, -0.25) is 9.59 Å². The van der Waals surface area contributed by atoms with E-state index >= 15 is 0 Å². The van der Waals surface area contributed by atoms with Crippen LogP contribution >= 0.6 is 0 Å². The van der Waals surface area contributed by atoms with Crippen LogP contribution in [-0.4, -0.2) is 12.4 Å². The lowest BCUT2D eigenvalue weighted by Crippen LogP contribution is -2.14. The van der Waals surface area contributed by atoms with Crippen molar-refractivity contribution in [2.45, 2.75) is 13.8 Å². The second kappa shape index (κ2) is 6.08. The van der Waals surface area contributed by atoms with Crippen LogP contribution in [0.5, 0.6) is 5.75 Å². The number of aryl methyl sites for hydroxylation is 1. The third-order valence-corrected chi connectivity index (χ3v) is 3.46. The summed E-state index contributed by atoms with van der Waals surface area (Å²) in [6.45, 7) is 3.18. The number of rotatable bonds is 4. The van der Waals surface area contributed by atoms with Gasteiger partial charge in [0, 0.05) is 5.56 Å². The second-order valence-electron chi connectivity index (χ2n) is 5.45. The summed E-state index contributed by atoms with van der Waals surface area (Å²) in [6.07, 6.45) is 0. The highest BCUT2D eigenvalue weighted by atomic mass is 16.5. The van der Waals surface area contributed by atoms with E-state index in [0.29, 0.717) is 16.7 Å². The van der Waals surface area contributed by atoms with E-state index in [0.717, 1.165) is 11.1 Å².